The zero-order valence-corrected chi connectivity index (χ0v) is 15.9. The standard InChI is InChI=1S/C14H20F3NO7S2/c1-13(24-6-10-5-23-10)9-3-7-2-8(4-9)12(11(7)13)25-27(21,22)18-26(19,20)14(15,16)17/h7-12,18H,2-6H2,1H3. The van der Waals surface area contributed by atoms with Gasteiger partial charge in [-0.15, -0.1) is 0 Å². The molecule has 0 spiro atoms. The van der Waals surface area contributed by atoms with Crippen LogP contribution in [0.25, 0.3) is 0 Å². The zero-order valence-electron chi connectivity index (χ0n) is 14.3. The Morgan fingerprint density at radius 2 is 1.78 bits per heavy atom. The molecular weight excluding hydrogens is 415 g/mol. The lowest BCUT2D eigenvalue weighted by molar-refractivity contribution is -0.140. The highest BCUT2D eigenvalue weighted by Gasteiger charge is 2.67. The lowest BCUT2D eigenvalue weighted by atomic mass is 9.71. The van der Waals surface area contributed by atoms with E-state index in [1.807, 2.05) is 6.92 Å². The first-order chi connectivity index (χ1) is 12.3. The van der Waals surface area contributed by atoms with Gasteiger partial charge in [0.15, 0.2) is 0 Å². The van der Waals surface area contributed by atoms with Crippen LogP contribution in [0.1, 0.15) is 26.2 Å². The van der Waals surface area contributed by atoms with Crippen molar-refractivity contribution in [1.29, 1.82) is 0 Å². The minimum atomic E-state index is -6.08. The molecule has 5 fully saturated rings. The van der Waals surface area contributed by atoms with E-state index in [1.54, 1.807) is 0 Å². The summed E-state index contributed by atoms with van der Waals surface area (Å²) in [6.45, 7) is 2.83. The van der Waals surface area contributed by atoms with Gasteiger partial charge in [-0.05, 0) is 43.9 Å². The van der Waals surface area contributed by atoms with E-state index in [0.29, 0.717) is 30.2 Å². The van der Waals surface area contributed by atoms with Crippen molar-refractivity contribution < 1.29 is 43.7 Å². The van der Waals surface area contributed by atoms with Crippen LogP contribution in [0.2, 0.25) is 0 Å². The fourth-order valence-corrected chi connectivity index (χ4v) is 7.38. The highest BCUT2D eigenvalue weighted by atomic mass is 32.3. The Hall–Kier alpha value is -0.470. The Balaban J connectivity index is 1.52. The number of alkyl halides is 3. The molecule has 7 atom stereocenters. The van der Waals surface area contributed by atoms with Gasteiger partial charge in [-0.25, -0.2) is 8.42 Å². The molecular formula is C14H20F3NO7S2. The van der Waals surface area contributed by atoms with Gasteiger partial charge in [0.05, 0.1) is 24.9 Å². The van der Waals surface area contributed by atoms with Crippen molar-refractivity contribution >= 4 is 20.3 Å². The van der Waals surface area contributed by atoms with Crippen molar-refractivity contribution in [2.45, 2.75) is 49.5 Å². The van der Waals surface area contributed by atoms with Crippen molar-refractivity contribution in [3.05, 3.63) is 0 Å². The lowest BCUT2D eigenvalue weighted by Crippen LogP contribution is -2.52. The fourth-order valence-electron chi connectivity index (χ4n) is 5.20. The third-order valence-electron chi connectivity index (χ3n) is 6.32. The smallest absolute Gasteiger partial charge is 0.372 e. The number of nitrogens with one attached hydrogen (secondary N) is 1. The predicted octanol–water partition coefficient (Wildman–Crippen LogP) is 0.906. The van der Waals surface area contributed by atoms with Crippen LogP contribution in [0.3, 0.4) is 0 Å². The summed E-state index contributed by atoms with van der Waals surface area (Å²) in [5.74, 6) is -0.138. The average Bonchev–Trinajstić information content (AvgIpc) is 3.26. The molecule has 0 aromatic carbocycles. The number of hydrogen-bond donors (Lipinski definition) is 1. The second kappa shape index (κ2) is 6.02. The molecule has 13 heteroatoms. The Morgan fingerprint density at radius 1 is 1.15 bits per heavy atom. The van der Waals surface area contributed by atoms with Gasteiger partial charge in [-0.1, -0.05) is 4.13 Å². The van der Waals surface area contributed by atoms with E-state index in [1.165, 1.54) is 0 Å². The number of ether oxygens (including phenoxy) is 2. The van der Waals surface area contributed by atoms with Gasteiger partial charge in [0.2, 0.25) is 0 Å². The van der Waals surface area contributed by atoms with Gasteiger partial charge < -0.3 is 9.47 Å². The van der Waals surface area contributed by atoms with Gasteiger partial charge in [0.1, 0.15) is 6.10 Å². The summed E-state index contributed by atoms with van der Waals surface area (Å²) in [4.78, 5) is 0. The molecule has 4 bridgehead atoms. The number of epoxide rings is 1. The Kier molecular flexibility index (Phi) is 4.42. The number of halogens is 3. The quantitative estimate of drug-likeness (QED) is 0.592. The lowest BCUT2D eigenvalue weighted by Gasteiger charge is -2.45. The average molecular weight is 435 g/mol. The molecule has 5 aliphatic rings. The maximum absolute atomic E-state index is 12.5. The second-order valence-corrected chi connectivity index (χ2v) is 11.2. The van der Waals surface area contributed by atoms with E-state index in [9.17, 15) is 30.0 Å². The summed E-state index contributed by atoms with van der Waals surface area (Å²) in [6, 6.07) is 0. The molecule has 1 aliphatic heterocycles. The summed E-state index contributed by atoms with van der Waals surface area (Å²) >= 11 is 0. The minimum absolute atomic E-state index is 0.0137. The van der Waals surface area contributed by atoms with Crippen molar-refractivity contribution in [2.75, 3.05) is 13.2 Å². The van der Waals surface area contributed by atoms with Gasteiger partial charge >= 0.3 is 25.8 Å². The van der Waals surface area contributed by atoms with Crippen LogP contribution in [0.5, 0.6) is 0 Å². The molecule has 0 aromatic rings. The summed E-state index contributed by atoms with van der Waals surface area (Å²) in [7, 11) is -11.2. The molecule has 27 heavy (non-hydrogen) atoms. The van der Waals surface area contributed by atoms with Gasteiger partial charge in [0.25, 0.3) is 0 Å². The van der Waals surface area contributed by atoms with Crippen LogP contribution in [0.4, 0.5) is 13.2 Å². The SMILES string of the molecule is CC1(OCC2CO2)C2CC3CC(C2)C1C3OS(=O)(=O)NS(=O)(=O)C(F)(F)F. The number of sulfonamides is 1. The van der Waals surface area contributed by atoms with Crippen LogP contribution < -0.4 is 4.13 Å². The molecule has 1 saturated heterocycles. The van der Waals surface area contributed by atoms with Crippen molar-refractivity contribution in [3.8, 4) is 0 Å². The van der Waals surface area contributed by atoms with Gasteiger partial charge in [-0.3, -0.25) is 4.18 Å². The molecule has 1 N–H and O–H groups in total. The summed E-state index contributed by atoms with van der Waals surface area (Å²) in [5.41, 5.74) is -6.43. The van der Waals surface area contributed by atoms with Gasteiger partial charge in [0, 0.05) is 5.92 Å². The topological polar surface area (TPSA) is 111 Å². The van der Waals surface area contributed by atoms with Crippen LogP contribution in [0, 0.1) is 23.7 Å². The minimum Gasteiger partial charge on any atom is -0.372 e. The highest BCUT2D eigenvalue weighted by Crippen LogP contribution is 2.64. The summed E-state index contributed by atoms with van der Waals surface area (Å²) < 4.78 is 101. The summed E-state index contributed by atoms with van der Waals surface area (Å²) in [6.07, 6.45) is 1.24. The van der Waals surface area contributed by atoms with E-state index in [-0.39, 0.29) is 29.8 Å². The van der Waals surface area contributed by atoms with E-state index in [2.05, 4.69) is 0 Å². The third-order valence-corrected chi connectivity index (χ3v) is 9.09. The van der Waals surface area contributed by atoms with Crippen molar-refractivity contribution in [1.82, 2.24) is 4.13 Å². The van der Waals surface area contributed by atoms with E-state index in [4.69, 9.17) is 13.7 Å². The molecule has 4 aliphatic carbocycles. The first-order valence-corrected chi connectivity index (χ1v) is 11.5. The molecule has 8 nitrogen and oxygen atoms in total. The predicted molar refractivity (Wildman–Crippen MR) is 83.8 cm³/mol. The van der Waals surface area contributed by atoms with E-state index >= 15 is 0 Å². The molecule has 4 saturated carbocycles. The van der Waals surface area contributed by atoms with Gasteiger partial charge in [-0.2, -0.15) is 21.6 Å². The molecule has 0 aromatic heterocycles. The molecule has 0 radical (unpaired) electrons. The second-order valence-electron chi connectivity index (χ2n) is 7.95. The Morgan fingerprint density at radius 3 is 2.37 bits per heavy atom. The highest BCUT2D eigenvalue weighted by molar-refractivity contribution is 8.03. The molecule has 7 unspecified atom stereocenters. The normalized spacial score (nSPS) is 43.4. The Labute approximate surface area is 155 Å². The number of rotatable bonds is 7. The third kappa shape index (κ3) is 3.39. The molecule has 0 amide bonds. The van der Waals surface area contributed by atoms with Crippen LogP contribution in [0.15, 0.2) is 0 Å². The van der Waals surface area contributed by atoms with Crippen LogP contribution in [-0.2, 0) is 34.0 Å². The number of hydrogen-bond acceptors (Lipinski definition) is 7. The first-order valence-electron chi connectivity index (χ1n) is 8.61. The monoisotopic (exact) mass is 435 g/mol. The molecule has 156 valence electrons. The molecule has 5 rings (SSSR count). The zero-order chi connectivity index (χ0) is 19.8. The van der Waals surface area contributed by atoms with E-state index in [0.717, 1.165) is 6.42 Å². The van der Waals surface area contributed by atoms with Crippen LogP contribution >= 0.6 is 0 Å². The molecule has 1 heterocycles. The fraction of sp³-hybridized carbons (Fsp3) is 1.00. The van der Waals surface area contributed by atoms with Crippen molar-refractivity contribution in [2.24, 2.45) is 23.7 Å². The largest absolute Gasteiger partial charge is 0.512 e. The first kappa shape index (κ1) is 19.8. The van der Waals surface area contributed by atoms with Crippen molar-refractivity contribution in [3.63, 3.8) is 0 Å². The Bertz CT molecular complexity index is 826. The maximum atomic E-state index is 12.5. The van der Waals surface area contributed by atoms with Crippen LogP contribution in [-0.4, -0.2) is 53.4 Å². The van der Waals surface area contributed by atoms with E-state index < -0.39 is 37.5 Å². The maximum Gasteiger partial charge on any atom is 0.512 e. The summed E-state index contributed by atoms with van der Waals surface area (Å²) in [5, 5.41) is 0.